The van der Waals surface area contributed by atoms with Crippen molar-refractivity contribution in [2.45, 2.75) is 32.0 Å². The Kier molecular flexibility index (Phi) is 4.79. The number of furan rings is 1. The molecule has 0 radical (unpaired) electrons. The van der Waals surface area contributed by atoms with Crippen molar-refractivity contribution in [3.63, 3.8) is 0 Å². The van der Waals surface area contributed by atoms with Crippen molar-refractivity contribution < 1.29 is 14.0 Å². The third kappa shape index (κ3) is 4.13. The SMILES string of the molecule is C=CC(=O)N(Cc1ccc(C(=O)NC2CC2)cc1)Cc1ccco1. The second-order valence-corrected chi connectivity index (χ2v) is 5.92. The Morgan fingerprint density at radius 1 is 1.21 bits per heavy atom. The van der Waals surface area contributed by atoms with Gasteiger partial charge in [0.15, 0.2) is 0 Å². The van der Waals surface area contributed by atoms with E-state index in [0.717, 1.165) is 18.4 Å². The highest BCUT2D eigenvalue weighted by atomic mass is 16.3. The average Bonchev–Trinajstić information content (AvgIpc) is 3.26. The molecule has 1 aromatic heterocycles. The van der Waals surface area contributed by atoms with Gasteiger partial charge in [0, 0.05) is 18.2 Å². The highest BCUT2D eigenvalue weighted by Crippen LogP contribution is 2.19. The quantitative estimate of drug-likeness (QED) is 0.797. The number of carbonyl (C=O) groups excluding carboxylic acids is 2. The minimum absolute atomic E-state index is 0.0429. The average molecular weight is 324 g/mol. The molecule has 2 aromatic rings. The molecule has 0 bridgehead atoms. The zero-order valence-electron chi connectivity index (χ0n) is 13.4. The lowest BCUT2D eigenvalue weighted by atomic mass is 10.1. The van der Waals surface area contributed by atoms with Gasteiger partial charge in [0.05, 0.1) is 12.8 Å². The molecule has 1 aliphatic carbocycles. The van der Waals surface area contributed by atoms with Crippen LogP contribution in [-0.4, -0.2) is 22.8 Å². The molecule has 5 heteroatoms. The van der Waals surface area contributed by atoms with Crippen molar-refractivity contribution in [2.24, 2.45) is 0 Å². The lowest BCUT2D eigenvalue weighted by Gasteiger charge is -2.20. The van der Waals surface area contributed by atoms with E-state index in [1.807, 2.05) is 18.2 Å². The van der Waals surface area contributed by atoms with Crippen LogP contribution in [0.2, 0.25) is 0 Å². The predicted octanol–water partition coefficient (Wildman–Crippen LogP) is 2.89. The van der Waals surface area contributed by atoms with Crippen LogP contribution in [0.25, 0.3) is 0 Å². The molecule has 0 unspecified atom stereocenters. The summed E-state index contributed by atoms with van der Waals surface area (Å²) in [6.45, 7) is 4.35. The van der Waals surface area contributed by atoms with Crippen molar-refractivity contribution in [3.05, 3.63) is 72.2 Å². The molecule has 24 heavy (non-hydrogen) atoms. The van der Waals surface area contributed by atoms with Gasteiger partial charge in [-0.05, 0) is 48.7 Å². The van der Waals surface area contributed by atoms with Crippen LogP contribution in [0.1, 0.15) is 34.5 Å². The first-order chi connectivity index (χ1) is 11.7. The Morgan fingerprint density at radius 3 is 2.54 bits per heavy atom. The summed E-state index contributed by atoms with van der Waals surface area (Å²) in [5.74, 6) is 0.506. The van der Waals surface area contributed by atoms with Gasteiger partial charge in [-0.15, -0.1) is 0 Å². The molecule has 124 valence electrons. The van der Waals surface area contributed by atoms with E-state index in [4.69, 9.17) is 4.42 Å². The Hall–Kier alpha value is -2.82. The van der Waals surface area contributed by atoms with E-state index in [0.29, 0.717) is 30.5 Å². The molecule has 0 spiro atoms. The molecule has 1 fully saturated rings. The molecule has 0 saturated heterocycles. The zero-order valence-corrected chi connectivity index (χ0v) is 13.4. The maximum absolute atomic E-state index is 12.0. The number of hydrogen-bond acceptors (Lipinski definition) is 3. The maximum atomic E-state index is 12.0. The van der Waals surface area contributed by atoms with Gasteiger partial charge in [-0.2, -0.15) is 0 Å². The number of hydrogen-bond donors (Lipinski definition) is 1. The molecule has 3 rings (SSSR count). The van der Waals surface area contributed by atoms with Gasteiger partial charge < -0.3 is 14.6 Å². The minimum Gasteiger partial charge on any atom is -0.467 e. The molecule has 1 saturated carbocycles. The molecule has 5 nitrogen and oxygen atoms in total. The first-order valence-electron chi connectivity index (χ1n) is 7.99. The van der Waals surface area contributed by atoms with Crippen molar-refractivity contribution in [2.75, 3.05) is 0 Å². The summed E-state index contributed by atoms with van der Waals surface area (Å²) in [5, 5.41) is 2.96. The van der Waals surface area contributed by atoms with Crippen LogP contribution >= 0.6 is 0 Å². The number of nitrogens with zero attached hydrogens (tertiary/aromatic N) is 1. The smallest absolute Gasteiger partial charge is 0.251 e. The van der Waals surface area contributed by atoms with Gasteiger partial charge in [-0.25, -0.2) is 0 Å². The summed E-state index contributed by atoms with van der Waals surface area (Å²) in [5.41, 5.74) is 1.58. The second kappa shape index (κ2) is 7.17. The third-order valence-electron chi connectivity index (χ3n) is 3.92. The molecule has 1 aliphatic rings. The van der Waals surface area contributed by atoms with E-state index in [-0.39, 0.29) is 11.8 Å². The van der Waals surface area contributed by atoms with Crippen molar-refractivity contribution in [3.8, 4) is 0 Å². The Labute approximate surface area is 141 Å². The molecule has 1 heterocycles. The summed E-state index contributed by atoms with van der Waals surface area (Å²) in [6.07, 6.45) is 5.00. The molecule has 0 aliphatic heterocycles. The first-order valence-corrected chi connectivity index (χ1v) is 7.99. The number of carbonyl (C=O) groups is 2. The summed E-state index contributed by atoms with van der Waals surface area (Å²) in [4.78, 5) is 25.7. The Bertz CT molecular complexity index is 716. The summed E-state index contributed by atoms with van der Waals surface area (Å²) in [7, 11) is 0. The Morgan fingerprint density at radius 2 is 1.96 bits per heavy atom. The minimum atomic E-state index is -0.165. The van der Waals surface area contributed by atoms with Crippen LogP contribution in [0.3, 0.4) is 0 Å². The summed E-state index contributed by atoms with van der Waals surface area (Å²) >= 11 is 0. The monoisotopic (exact) mass is 324 g/mol. The second-order valence-electron chi connectivity index (χ2n) is 5.92. The number of rotatable bonds is 7. The van der Waals surface area contributed by atoms with Crippen molar-refractivity contribution in [1.29, 1.82) is 0 Å². The van der Waals surface area contributed by atoms with E-state index < -0.39 is 0 Å². The summed E-state index contributed by atoms with van der Waals surface area (Å²) in [6, 6.07) is 11.3. The number of benzene rings is 1. The molecular formula is C19H20N2O3. The fraction of sp³-hybridized carbons (Fsp3) is 0.263. The summed E-state index contributed by atoms with van der Waals surface area (Å²) < 4.78 is 5.31. The van der Waals surface area contributed by atoms with Gasteiger partial charge in [0.25, 0.3) is 5.91 Å². The molecule has 0 atom stereocenters. The van der Waals surface area contributed by atoms with Gasteiger partial charge in [-0.1, -0.05) is 18.7 Å². The van der Waals surface area contributed by atoms with Crippen LogP contribution < -0.4 is 5.32 Å². The van der Waals surface area contributed by atoms with Gasteiger partial charge in [0.1, 0.15) is 5.76 Å². The molecule has 1 N–H and O–H groups in total. The predicted molar refractivity (Wildman–Crippen MR) is 90.1 cm³/mol. The van der Waals surface area contributed by atoms with Crippen LogP contribution in [0.4, 0.5) is 0 Å². The third-order valence-corrected chi connectivity index (χ3v) is 3.92. The standard InChI is InChI=1S/C19H20N2O3/c1-2-18(22)21(13-17-4-3-11-24-17)12-14-5-7-15(8-6-14)19(23)20-16-9-10-16/h2-8,11,16H,1,9-10,12-13H2,(H,20,23). The fourth-order valence-electron chi connectivity index (χ4n) is 2.41. The van der Waals surface area contributed by atoms with Gasteiger partial charge in [0.2, 0.25) is 5.91 Å². The molecule has 2 amide bonds. The number of amides is 2. The molecule has 1 aromatic carbocycles. The van der Waals surface area contributed by atoms with E-state index >= 15 is 0 Å². The van der Waals surface area contributed by atoms with E-state index in [2.05, 4.69) is 11.9 Å². The van der Waals surface area contributed by atoms with Gasteiger partial charge in [-0.3, -0.25) is 9.59 Å². The highest BCUT2D eigenvalue weighted by Gasteiger charge is 2.23. The van der Waals surface area contributed by atoms with Crippen LogP contribution in [-0.2, 0) is 17.9 Å². The lowest BCUT2D eigenvalue weighted by Crippen LogP contribution is -2.28. The zero-order chi connectivity index (χ0) is 16.9. The van der Waals surface area contributed by atoms with E-state index in [9.17, 15) is 9.59 Å². The van der Waals surface area contributed by atoms with Gasteiger partial charge >= 0.3 is 0 Å². The topological polar surface area (TPSA) is 62.6 Å². The first kappa shape index (κ1) is 16.1. The largest absolute Gasteiger partial charge is 0.467 e. The van der Waals surface area contributed by atoms with Crippen LogP contribution in [0, 0.1) is 0 Å². The van der Waals surface area contributed by atoms with Crippen molar-refractivity contribution in [1.82, 2.24) is 10.2 Å². The van der Waals surface area contributed by atoms with Crippen LogP contribution in [0.5, 0.6) is 0 Å². The Balaban J connectivity index is 1.66. The fourth-order valence-corrected chi connectivity index (χ4v) is 2.41. The van der Waals surface area contributed by atoms with Crippen molar-refractivity contribution >= 4 is 11.8 Å². The maximum Gasteiger partial charge on any atom is 0.251 e. The molecular weight excluding hydrogens is 304 g/mol. The highest BCUT2D eigenvalue weighted by molar-refractivity contribution is 5.94. The lowest BCUT2D eigenvalue weighted by molar-refractivity contribution is -0.127. The normalized spacial score (nSPS) is 13.3. The van der Waals surface area contributed by atoms with E-state index in [1.165, 1.54) is 6.08 Å². The number of nitrogens with one attached hydrogen (secondary N) is 1. The van der Waals surface area contributed by atoms with E-state index in [1.54, 1.807) is 29.4 Å². The van der Waals surface area contributed by atoms with Crippen LogP contribution in [0.15, 0.2) is 59.7 Å².